The van der Waals surface area contributed by atoms with Gasteiger partial charge in [0.05, 0.1) is 0 Å². The van der Waals surface area contributed by atoms with E-state index in [1.54, 1.807) is 27.7 Å². The van der Waals surface area contributed by atoms with Crippen molar-refractivity contribution in [2.45, 2.75) is 33.2 Å². The molecule has 4 nitrogen and oxygen atoms in total. The van der Waals surface area contributed by atoms with Crippen LogP contribution in [-0.4, -0.2) is 8.65 Å². The van der Waals surface area contributed by atoms with Gasteiger partial charge in [0.25, 0.3) is 5.56 Å². The van der Waals surface area contributed by atoms with E-state index in [4.69, 9.17) is 11.8 Å². The highest BCUT2D eigenvalue weighted by Crippen LogP contribution is 2.07. The molecule has 5 heteroatoms. The van der Waals surface area contributed by atoms with Crippen molar-refractivity contribution < 1.29 is 0 Å². The molecular weight excluding hydrogens is 204 g/mol. The Balaban J connectivity index is 3.71. The molecule has 0 amide bonds. The zero-order valence-corrected chi connectivity index (χ0v) is 9.42. The van der Waals surface area contributed by atoms with Crippen molar-refractivity contribution >= 4 is 11.8 Å². The first kappa shape index (κ1) is 11.0. The second-order valence-electron chi connectivity index (χ2n) is 4.19. The lowest BCUT2D eigenvalue weighted by Gasteiger charge is -2.21. The van der Waals surface area contributed by atoms with E-state index in [9.17, 15) is 9.59 Å². The molecule has 1 aromatic heterocycles. The third kappa shape index (κ3) is 1.75. The molecule has 78 valence electrons. The van der Waals surface area contributed by atoms with Crippen LogP contribution in [-0.2, 0) is 5.54 Å². The summed E-state index contributed by atoms with van der Waals surface area (Å²) in [6.45, 7) is 6.95. The molecule has 0 aliphatic heterocycles. The van der Waals surface area contributed by atoms with Crippen molar-refractivity contribution in [3.8, 4) is 0 Å². The van der Waals surface area contributed by atoms with Gasteiger partial charge in [0.15, 0.2) is 0 Å². The largest absolute Gasteiger partial charge is 0.346 e. The smallest absolute Gasteiger partial charge is 0.269 e. The molecule has 1 rings (SSSR count). The average molecular weight is 217 g/mol. The number of hydrogen-bond acceptors (Lipinski definition) is 2. The summed E-state index contributed by atoms with van der Waals surface area (Å²) in [5.41, 5.74) is -0.929. The highest BCUT2D eigenvalue weighted by atomic mass is 35.5. The van der Waals surface area contributed by atoms with Gasteiger partial charge in [-0.3, -0.25) is 9.36 Å². The van der Waals surface area contributed by atoms with Crippen molar-refractivity contribution in [3.63, 3.8) is 0 Å². The van der Waals surface area contributed by atoms with Gasteiger partial charge in [-0.05, 0) is 27.7 Å². The van der Waals surface area contributed by atoms with Crippen molar-refractivity contribution in [2.75, 3.05) is 0 Å². The predicted octanol–water partition coefficient (Wildman–Crippen LogP) is 1.08. The fraction of sp³-hybridized carbons (Fsp3) is 0.556. The van der Waals surface area contributed by atoms with Gasteiger partial charge < -0.3 is 0 Å². The summed E-state index contributed by atoms with van der Waals surface area (Å²) in [6.07, 6.45) is 0. The minimum atomic E-state index is -0.557. The van der Waals surface area contributed by atoms with Crippen LogP contribution in [0, 0.1) is 6.92 Å². The minimum Gasteiger partial charge on any atom is -0.269 e. The molecule has 1 heterocycles. The number of rotatable bonds is 0. The standard InChI is InChI=1S/C9H13ClN2O2/c1-6-5-7(13)11(9(2,3)4)8(14)12(6)10/h5H,1-4H3. The summed E-state index contributed by atoms with van der Waals surface area (Å²) in [7, 11) is 0. The quantitative estimate of drug-likeness (QED) is 0.651. The first-order valence-corrected chi connectivity index (χ1v) is 4.61. The normalized spacial score (nSPS) is 11.8. The lowest BCUT2D eigenvalue weighted by Crippen LogP contribution is -2.46. The maximum atomic E-state index is 11.7. The molecule has 0 saturated heterocycles. The first-order chi connectivity index (χ1) is 6.25. The van der Waals surface area contributed by atoms with Crippen molar-refractivity contribution in [1.82, 2.24) is 8.65 Å². The summed E-state index contributed by atoms with van der Waals surface area (Å²) in [6, 6.07) is 1.35. The first-order valence-electron chi connectivity index (χ1n) is 4.27. The molecule has 0 bridgehead atoms. The van der Waals surface area contributed by atoms with E-state index in [0.717, 1.165) is 8.65 Å². The van der Waals surface area contributed by atoms with Crippen LogP contribution in [0.5, 0.6) is 0 Å². The zero-order valence-electron chi connectivity index (χ0n) is 8.67. The van der Waals surface area contributed by atoms with Gasteiger partial charge in [0.1, 0.15) is 0 Å². The van der Waals surface area contributed by atoms with E-state index in [1.165, 1.54) is 6.07 Å². The highest BCUT2D eigenvalue weighted by molar-refractivity contribution is 6.15. The second-order valence-corrected chi connectivity index (χ2v) is 4.53. The molecule has 0 saturated carbocycles. The predicted molar refractivity (Wildman–Crippen MR) is 55.9 cm³/mol. The third-order valence-corrected chi connectivity index (χ3v) is 2.30. The summed E-state index contributed by atoms with van der Waals surface area (Å²) in [5.74, 6) is 0. The van der Waals surface area contributed by atoms with Gasteiger partial charge in [-0.25, -0.2) is 8.88 Å². The Morgan fingerprint density at radius 3 is 2.21 bits per heavy atom. The molecular formula is C9H13ClN2O2. The molecule has 14 heavy (non-hydrogen) atoms. The summed E-state index contributed by atoms with van der Waals surface area (Å²) in [5, 5.41) is 0. The number of aryl methyl sites for hydroxylation is 1. The molecule has 0 N–H and O–H groups in total. The molecule has 0 unspecified atom stereocenters. The van der Waals surface area contributed by atoms with E-state index in [0.29, 0.717) is 5.69 Å². The molecule has 0 aromatic carbocycles. The molecule has 0 aliphatic carbocycles. The number of nitrogens with zero attached hydrogens (tertiary/aromatic N) is 2. The topological polar surface area (TPSA) is 44.0 Å². The Kier molecular flexibility index (Phi) is 2.58. The second kappa shape index (κ2) is 3.28. The number of hydrogen-bond donors (Lipinski definition) is 0. The third-order valence-electron chi connectivity index (χ3n) is 1.89. The maximum Gasteiger partial charge on any atom is 0.346 e. The van der Waals surface area contributed by atoms with Crippen LogP contribution in [0.3, 0.4) is 0 Å². The van der Waals surface area contributed by atoms with Crippen LogP contribution in [0.15, 0.2) is 15.7 Å². The molecule has 1 aromatic rings. The fourth-order valence-electron chi connectivity index (χ4n) is 1.25. The van der Waals surface area contributed by atoms with Crippen LogP contribution in [0.25, 0.3) is 0 Å². The van der Waals surface area contributed by atoms with Crippen LogP contribution >= 0.6 is 11.8 Å². The van der Waals surface area contributed by atoms with E-state index in [-0.39, 0.29) is 5.56 Å². The van der Waals surface area contributed by atoms with Gasteiger partial charge in [-0.1, -0.05) is 0 Å². The van der Waals surface area contributed by atoms with Crippen molar-refractivity contribution in [1.29, 1.82) is 0 Å². The maximum absolute atomic E-state index is 11.7. The Morgan fingerprint density at radius 2 is 1.79 bits per heavy atom. The van der Waals surface area contributed by atoms with Crippen molar-refractivity contribution in [3.05, 3.63) is 32.6 Å². The fourth-order valence-corrected chi connectivity index (χ4v) is 1.37. The van der Waals surface area contributed by atoms with Gasteiger partial charge >= 0.3 is 5.69 Å². The molecule has 0 aliphatic rings. The lowest BCUT2D eigenvalue weighted by molar-refractivity contribution is 0.363. The van der Waals surface area contributed by atoms with Gasteiger partial charge in [0.2, 0.25) is 0 Å². The van der Waals surface area contributed by atoms with E-state index < -0.39 is 11.2 Å². The van der Waals surface area contributed by atoms with E-state index in [2.05, 4.69) is 0 Å². The Bertz CT molecular complexity index is 465. The van der Waals surface area contributed by atoms with Gasteiger partial charge in [-0.2, -0.15) is 0 Å². The molecule has 0 atom stereocenters. The Labute approximate surface area is 86.9 Å². The van der Waals surface area contributed by atoms with Gasteiger partial charge in [0, 0.05) is 29.1 Å². The Hall–Kier alpha value is -1.03. The van der Waals surface area contributed by atoms with Crippen LogP contribution in [0.2, 0.25) is 0 Å². The van der Waals surface area contributed by atoms with Crippen molar-refractivity contribution in [2.24, 2.45) is 0 Å². The molecule has 0 radical (unpaired) electrons. The highest BCUT2D eigenvalue weighted by Gasteiger charge is 2.19. The monoisotopic (exact) mass is 216 g/mol. The van der Waals surface area contributed by atoms with Crippen LogP contribution in [0.4, 0.5) is 0 Å². The average Bonchev–Trinajstić information content (AvgIpc) is 1.97. The van der Waals surface area contributed by atoms with Crippen LogP contribution < -0.4 is 11.2 Å². The lowest BCUT2D eigenvalue weighted by atomic mass is 10.1. The van der Waals surface area contributed by atoms with Gasteiger partial charge in [-0.15, -0.1) is 0 Å². The number of aromatic nitrogens is 2. The molecule has 0 spiro atoms. The van der Waals surface area contributed by atoms with E-state index in [1.807, 2.05) is 0 Å². The summed E-state index contributed by atoms with van der Waals surface area (Å²) < 4.78 is 2.08. The Morgan fingerprint density at radius 1 is 1.29 bits per heavy atom. The summed E-state index contributed by atoms with van der Waals surface area (Å²) >= 11 is 5.71. The van der Waals surface area contributed by atoms with E-state index >= 15 is 0 Å². The number of halogens is 1. The minimum absolute atomic E-state index is 0.322. The summed E-state index contributed by atoms with van der Waals surface area (Å²) in [4.78, 5) is 23.2. The molecule has 0 fully saturated rings. The van der Waals surface area contributed by atoms with Crippen LogP contribution in [0.1, 0.15) is 26.5 Å². The zero-order chi connectivity index (χ0) is 11.1. The SMILES string of the molecule is Cc1cc(=O)n(C(C)(C)C)c(=O)n1Cl.